The topological polar surface area (TPSA) is 72.4 Å². The van der Waals surface area contributed by atoms with E-state index in [0.29, 0.717) is 36.4 Å². The molecule has 2 atom stereocenters. The van der Waals surface area contributed by atoms with Gasteiger partial charge in [-0.25, -0.2) is 4.98 Å². The quantitative estimate of drug-likeness (QED) is 0.945. The Morgan fingerprint density at radius 3 is 2.77 bits per heavy atom. The van der Waals surface area contributed by atoms with E-state index in [-0.39, 0.29) is 11.9 Å². The fraction of sp³-hybridized carbons (Fsp3) is 0.412. The molecule has 0 bridgehead atoms. The molecular weight excluding hydrogens is 278 g/mol. The number of aryl methyl sites for hydroxylation is 1. The number of oxazole rings is 1. The lowest BCUT2D eigenvalue weighted by atomic mass is 10.1. The van der Waals surface area contributed by atoms with Crippen molar-refractivity contribution in [2.45, 2.75) is 26.3 Å². The maximum Gasteiger partial charge on any atom is 0.291 e. The van der Waals surface area contributed by atoms with Crippen molar-refractivity contribution in [3.05, 3.63) is 41.8 Å². The highest BCUT2D eigenvalue weighted by atomic mass is 16.4. The van der Waals surface area contributed by atoms with E-state index in [0.717, 1.165) is 12.0 Å². The predicted molar refractivity (Wildman–Crippen MR) is 84.3 cm³/mol. The molecule has 1 amide bonds. The van der Waals surface area contributed by atoms with Crippen LogP contribution in [0.5, 0.6) is 0 Å². The Morgan fingerprint density at radius 2 is 2.14 bits per heavy atom. The molecule has 1 fully saturated rings. The molecule has 0 aliphatic carbocycles. The summed E-state index contributed by atoms with van der Waals surface area (Å²) in [7, 11) is 0. The van der Waals surface area contributed by atoms with Crippen molar-refractivity contribution in [2.75, 3.05) is 13.1 Å². The molecular formula is C17H21N3O2. The summed E-state index contributed by atoms with van der Waals surface area (Å²) in [4.78, 5) is 19.0. The van der Waals surface area contributed by atoms with Crippen LogP contribution in [0, 0.1) is 12.8 Å². The number of amides is 1. The molecule has 2 unspecified atom stereocenters. The molecule has 5 nitrogen and oxygen atoms in total. The third-order valence-corrected chi connectivity index (χ3v) is 4.27. The van der Waals surface area contributed by atoms with Crippen LogP contribution in [0.4, 0.5) is 0 Å². The first-order chi connectivity index (χ1) is 10.6. The fourth-order valence-corrected chi connectivity index (χ4v) is 3.03. The maximum atomic E-state index is 12.7. The van der Waals surface area contributed by atoms with Gasteiger partial charge in [0.2, 0.25) is 11.7 Å². The van der Waals surface area contributed by atoms with Gasteiger partial charge in [0, 0.05) is 18.2 Å². The Hall–Kier alpha value is -2.14. The molecule has 2 heterocycles. The lowest BCUT2D eigenvalue weighted by molar-refractivity contribution is 0.0711. The fourth-order valence-electron chi connectivity index (χ4n) is 3.03. The van der Waals surface area contributed by atoms with Gasteiger partial charge < -0.3 is 15.1 Å². The molecule has 1 saturated heterocycles. The van der Waals surface area contributed by atoms with Gasteiger partial charge >= 0.3 is 0 Å². The van der Waals surface area contributed by atoms with Gasteiger partial charge in [-0.15, -0.1) is 0 Å². The Kier molecular flexibility index (Phi) is 3.98. The number of hydrogen-bond acceptors (Lipinski definition) is 4. The van der Waals surface area contributed by atoms with Crippen LogP contribution in [0.25, 0.3) is 11.5 Å². The largest absolute Gasteiger partial charge is 0.431 e. The SMILES string of the molecule is Cc1nc(-c2ccccc2)oc1C(=O)N1CC(CN)CC1C. The van der Waals surface area contributed by atoms with Gasteiger partial charge in [0.15, 0.2) is 0 Å². The highest BCUT2D eigenvalue weighted by Crippen LogP contribution is 2.27. The van der Waals surface area contributed by atoms with Crippen LogP contribution in [-0.4, -0.2) is 34.9 Å². The molecule has 0 spiro atoms. The maximum absolute atomic E-state index is 12.7. The Bertz CT molecular complexity index is 666. The number of aromatic nitrogens is 1. The minimum absolute atomic E-state index is 0.0874. The van der Waals surface area contributed by atoms with E-state index >= 15 is 0 Å². The molecule has 1 aromatic heterocycles. The van der Waals surface area contributed by atoms with Crippen LogP contribution in [0.2, 0.25) is 0 Å². The summed E-state index contributed by atoms with van der Waals surface area (Å²) >= 11 is 0. The Morgan fingerprint density at radius 1 is 1.41 bits per heavy atom. The van der Waals surface area contributed by atoms with Crippen molar-refractivity contribution >= 4 is 5.91 Å². The highest BCUT2D eigenvalue weighted by molar-refractivity contribution is 5.93. The number of nitrogens with zero attached hydrogens (tertiary/aromatic N) is 2. The van der Waals surface area contributed by atoms with E-state index in [1.54, 1.807) is 0 Å². The van der Waals surface area contributed by atoms with Crippen molar-refractivity contribution in [3.63, 3.8) is 0 Å². The van der Waals surface area contributed by atoms with E-state index in [1.165, 1.54) is 0 Å². The van der Waals surface area contributed by atoms with Crippen LogP contribution < -0.4 is 5.73 Å². The second kappa shape index (κ2) is 5.93. The molecule has 2 aromatic rings. The van der Waals surface area contributed by atoms with Crippen molar-refractivity contribution in [1.82, 2.24) is 9.88 Å². The number of benzene rings is 1. The van der Waals surface area contributed by atoms with Gasteiger partial charge in [0.05, 0.1) is 5.69 Å². The van der Waals surface area contributed by atoms with Crippen molar-refractivity contribution in [3.8, 4) is 11.5 Å². The van der Waals surface area contributed by atoms with Crippen LogP contribution in [-0.2, 0) is 0 Å². The molecule has 0 saturated carbocycles. The van der Waals surface area contributed by atoms with Gasteiger partial charge in [0.25, 0.3) is 5.91 Å². The Labute approximate surface area is 130 Å². The smallest absolute Gasteiger partial charge is 0.291 e. The number of hydrogen-bond donors (Lipinski definition) is 1. The molecule has 5 heteroatoms. The predicted octanol–water partition coefficient (Wildman–Crippen LogP) is 2.46. The van der Waals surface area contributed by atoms with Crippen LogP contribution in [0.15, 0.2) is 34.7 Å². The summed E-state index contributed by atoms with van der Waals surface area (Å²) in [5.41, 5.74) is 7.24. The first kappa shape index (κ1) is 14.8. The van der Waals surface area contributed by atoms with Crippen LogP contribution in [0.1, 0.15) is 29.6 Å². The number of carbonyl (C=O) groups is 1. The number of likely N-dealkylation sites (tertiary alicyclic amines) is 1. The zero-order chi connectivity index (χ0) is 15.7. The summed E-state index contributed by atoms with van der Waals surface area (Å²) in [5.74, 6) is 1.11. The van der Waals surface area contributed by atoms with Gasteiger partial charge in [-0.2, -0.15) is 0 Å². The third kappa shape index (κ3) is 2.64. The average molecular weight is 299 g/mol. The van der Waals surface area contributed by atoms with E-state index in [2.05, 4.69) is 11.9 Å². The zero-order valence-electron chi connectivity index (χ0n) is 13.0. The minimum atomic E-state index is -0.0874. The summed E-state index contributed by atoms with van der Waals surface area (Å²) in [6.07, 6.45) is 0.945. The summed E-state index contributed by atoms with van der Waals surface area (Å²) in [6.45, 7) is 5.16. The number of nitrogens with two attached hydrogens (primary N) is 1. The molecule has 0 radical (unpaired) electrons. The van der Waals surface area contributed by atoms with Crippen molar-refractivity contribution in [2.24, 2.45) is 11.7 Å². The zero-order valence-corrected chi connectivity index (χ0v) is 13.0. The minimum Gasteiger partial charge on any atom is -0.431 e. The monoisotopic (exact) mass is 299 g/mol. The Balaban J connectivity index is 1.86. The number of rotatable bonds is 3. The van der Waals surface area contributed by atoms with Crippen molar-refractivity contribution in [1.29, 1.82) is 0 Å². The molecule has 2 N–H and O–H groups in total. The third-order valence-electron chi connectivity index (χ3n) is 4.27. The van der Waals surface area contributed by atoms with Gasteiger partial charge in [-0.3, -0.25) is 4.79 Å². The second-order valence-electron chi connectivity index (χ2n) is 5.94. The second-order valence-corrected chi connectivity index (χ2v) is 5.94. The van der Waals surface area contributed by atoms with Gasteiger partial charge in [-0.1, -0.05) is 18.2 Å². The van der Waals surface area contributed by atoms with Crippen LogP contribution >= 0.6 is 0 Å². The number of carbonyl (C=O) groups excluding carboxylic acids is 1. The van der Waals surface area contributed by atoms with E-state index < -0.39 is 0 Å². The first-order valence-electron chi connectivity index (χ1n) is 7.64. The van der Waals surface area contributed by atoms with E-state index in [9.17, 15) is 4.79 Å². The lowest BCUT2D eigenvalue weighted by Crippen LogP contribution is -2.34. The van der Waals surface area contributed by atoms with Crippen molar-refractivity contribution < 1.29 is 9.21 Å². The normalized spacial score (nSPS) is 21.3. The summed E-state index contributed by atoms with van der Waals surface area (Å²) in [6, 6.07) is 9.80. The molecule has 3 rings (SSSR count). The molecule has 116 valence electrons. The first-order valence-corrected chi connectivity index (χ1v) is 7.64. The summed E-state index contributed by atoms with van der Waals surface area (Å²) in [5, 5.41) is 0. The van der Waals surface area contributed by atoms with Gasteiger partial charge in [-0.05, 0) is 44.9 Å². The van der Waals surface area contributed by atoms with E-state index in [4.69, 9.17) is 10.2 Å². The molecule has 1 aromatic carbocycles. The molecule has 1 aliphatic rings. The van der Waals surface area contributed by atoms with Gasteiger partial charge in [0.1, 0.15) is 0 Å². The summed E-state index contributed by atoms with van der Waals surface area (Å²) < 4.78 is 5.76. The highest BCUT2D eigenvalue weighted by Gasteiger charge is 2.34. The average Bonchev–Trinajstić information content (AvgIpc) is 3.10. The molecule has 22 heavy (non-hydrogen) atoms. The van der Waals surface area contributed by atoms with Crippen LogP contribution in [0.3, 0.4) is 0 Å². The van der Waals surface area contributed by atoms with E-state index in [1.807, 2.05) is 42.2 Å². The lowest BCUT2D eigenvalue weighted by Gasteiger charge is -2.20. The molecule has 1 aliphatic heterocycles. The standard InChI is InChI=1S/C17H21N3O2/c1-11-8-13(9-18)10-20(11)17(21)15-12(2)19-16(22-15)14-6-4-3-5-7-14/h3-7,11,13H,8-10,18H2,1-2H3.